The van der Waals surface area contributed by atoms with Crippen molar-refractivity contribution < 1.29 is 18.0 Å². The van der Waals surface area contributed by atoms with Gasteiger partial charge < -0.3 is 10.2 Å². The second kappa shape index (κ2) is 5.69. The SMILES string of the molecule is CC(=O)N1CC(CC(F)(F)F)CC(NCC2CC2)C1. The number of nitrogens with zero attached hydrogens (tertiary/aromatic N) is 1. The monoisotopic (exact) mass is 278 g/mol. The number of halogens is 3. The lowest BCUT2D eigenvalue weighted by Gasteiger charge is -2.38. The highest BCUT2D eigenvalue weighted by Crippen LogP contribution is 2.31. The first kappa shape index (κ1) is 14.6. The van der Waals surface area contributed by atoms with Gasteiger partial charge in [-0.05, 0) is 37.6 Å². The molecule has 1 heterocycles. The second-order valence-electron chi connectivity index (χ2n) is 5.89. The zero-order valence-electron chi connectivity index (χ0n) is 11.2. The fourth-order valence-corrected chi connectivity index (χ4v) is 2.74. The molecule has 0 aromatic heterocycles. The molecule has 1 aliphatic carbocycles. The van der Waals surface area contributed by atoms with E-state index in [1.165, 1.54) is 19.8 Å². The van der Waals surface area contributed by atoms with Crippen LogP contribution in [0.2, 0.25) is 0 Å². The Bertz CT molecular complexity index is 328. The van der Waals surface area contributed by atoms with Crippen LogP contribution in [0.3, 0.4) is 0 Å². The third-order valence-corrected chi connectivity index (χ3v) is 3.89. The lowest BCUT2D eigenvalue weighted by Crippen LogP contribution is -2.51. The molecule has 110 valence electrons. The van der Waals surface area contributed by atoms with Gasteiger partial charge in [-0.3, -0.25) is 4.79 Å². The molecule has 0 spiro atoms. The lowest BCUT2D eigenvalue weighted by molar-refractivity contribution is -0.152. The molecule has 0 bridgehead atoms. The van der Waals surface area contributed by atoms with Crippen LogP contribution in [-0.2, 0) is 4.79 Å². The van der Waals surface area contributed by atoms with E-state index in [-0.39, 0.29) is 18.5 Å². The van der Waals surface area contributed by atoms with E-state index in [0.717, 1.165) is 6.54 Å². The third-order valence-electron chi connectivity index (χ3n) is 3.89. The predicted octanol–water partition coefficient (Wildman–Crippen LogP) is 2.18. The van der Waals surface area contributed by atoms with Crippen molar-refractivity contribution in [3.8, 4) is 0 Å². The molecule has 0 aromatic rings. The van der Waals surface area contributed by atoms with E-state index in [2.05, 4.69) is 5.32 Å². The van der Waals surface area contributed by atoms with Crippen molar-refractivity contribution in [2.75, 3.05) is 19.6 Å². The number of likely N-dealkylation sites (tertiary alicyclic amines) is 1. The van der Waals surface area contributed by atoms with Gasteiger partial charge in [0.25, 0.3) is 0 Å². The molecule has 1 saturated heterocycles. The first-order valence-corrected chi connectivity index (χ1v) is 6.89. The van der Waals surface area contributed by atoms with Gasteiger partial charge in [-0.1, -0.05) is 0 Å². The molecule has 1 amide bonds. The summed E-state index contributed by atoms with van der Waals surface area (Å²) in [5.41, 5.74) is 0. The van der Waals surface area contributed by atoms with Gasteiger partial charge in [-0.25, -0.2) is 0 Å². The predicted molar refractivity (Wildman–Crippen MR) is 65.5 cm³/mol. The molecule has 1 N–H and O–H groups in total. The summed E-state index contributed by atoms with van der Waals surface area (Å²) in [4.78, 5) is 13.0. The zero-order valence-corrected chi connectivity index (χ0v) is 11.2. The Morgan fingerprint density at radius 3 is 2.47 bits per heavy atom. The van der Waals surface area contributed by atoms with E-state index < -0.39 is 18.5 Å². The van der Waals surface area contributed by atoms with Gasteiger partial charge in [0.15, 0.2) is 0 Å². The molecular weight excluding hydrogens is 257 g/mol. The zero-order chi connectivity index (χ0) is 14.0. The molecule has 3 nitrogen and oxygen atoms in total. The van der Waals surface area contributed by atoms with Crippen molar-refractivity contribution >= 4 is 5.91 Å². The van der Waals surface area contributed by atoms with Crippen molar-refractivity contribution in [3.63, 3.8) is 0 Å². The molecule has 2 fully saturated rings. The third kappa shape index (κ3) is 5.01. The van der Waals surface area contributed by atoms with E-state index in [4.69, 9.17) is 0 Å². The quantitative estimate of drug-likeness (QED) is 0.855. The van der Waals surface area contributed by atoms with Crippen molar-refractivity contribution in [2.24, 2.45) is 11.8 Å². The number of hydrogen-bond acceptors (Lipinski definition) is 2. The smallest absolute Gasteiger partial charge is 0.341 e. The molecule has 1 aliphatic heterocycles. The number of carbonyl (C=O) groups excluding carboxylic acids is 1. The van der Waals surface area contributed by atoms with Crippen molar-refractivity contribution in [3.05, 3.63) is 0 Å². The average Bonchev–Trinajstić information content (AvgIpc) is 3.07. The van der Waals surface area contributed by atoms with Crippen LogP contribution in [0.25, 0.3) is 0 Å². The standard InChI is InChI=1S/C13H21F3N2O/c1-9(19)18-7-11(5-13(14,15)16)4-12(8-18)17-6-10-2-3-10/h10-12,17H,2-8H2,1H3. The number of amides is 1. The van der Waals surface area contributed by atoms with Crippen LogP contribution in [0.15, 0.2) is 0 Å². The molecule has 0 radical (unpaired) electrons. The van der Waals surface area contributed by atoms with E-state index in [1.807, 2.05) is 0 Å². The van der Waals surface area contributed by atoms with E-state index in [9.17, 15) is 18.0 Å². The molecule has 1 saturated carbocycles. The van der Waals surface area contributed by atoms with Crippen LogP contribution in [0.4, 0.5) is 13.2 Å². The number of rotatable bonds is 4. The van der Waals surface area contributed by atoms with Crippen LogP contribution in [0.5, 0.6) is 0 Å². The highest BCUT2D eigenvalue weighted by atomic mass is 19.4. The summed E-state index contributed by atoms with van der Waals surface area (Å²) in [6.07, 6.45) is -2.01. The van der Waals surface area contributed by atoms with Crippen LogP contribution in [0, 0.1) is 11.8 Å². The molecule has 2 aliphatic rings. The Hall–Kier alpha value is -0.780. The van der Waals surface area contributed by atoms with Gasteiger partial charge in [-0.2, -0.15) is 13.2 Å². The molecule has 2 atom stereocenters. The largest absolute Gasteiger partial charge is 0.389 e. The Kier molecular flexibility index (Phi) is 4.38. The van der Waals surface area contributed by atoms with Crippen LogP contribution < -0.4 is 5.32 Å². The minimum atomic E-state index is -4.15. The maximum atomic E-state index is 12.5. The first-order chi connectivity index (χ1) is 8.83. The molecular formula is C13H21F3N2O. The maximum absolute atomic E-state index is 12.5. The number of piperidine rings is 1. The maximum Gasteiger partial charge on any atom is 0.389 e. The Labute approximate surface area is 111 Å². The van der Waals surface area contributed by atoms with E-state index in [1.54, 1.807) is 4.90 Å². The van der Waals surface area contributed by atoms with Gasteiger partial charge in [0, 0.05) is 32.5 Å². The topological polar surface area (TPSA) is 32.3 Å². The Morgan fingerprint density at radius 2 is 1.95 bits per heavy atom. The summed E-state index contributed by atoms with van der Waals surface area (Å²) in [5, 5.41) is 3.32. The highest BCUT2D eigenvalue weighted by molar-refractivity contribution is 5.73. The fraction of sp³-hybridized carbons (Fsp3) is 0.923. The first-order valence-electron chi connectivity index (χ1n) is 6.89. The molecule has 6 heteroatoms. The van der Waals surface area contributed by atoms with Crippen LogP contribution in [0.1, 0.15) is 32.6 Å². The van der Waals surface area contributed by atoms with Gasteiger partial charge in [0.2, 0.25) is 5.91 Å². The van der Waals surface area contributed by atoms with Gasteiger partial charge >= 0.3 is 6.18 Å². The van der Waals surface area contributed by atoms with Crippen molar-refractivity contribution in [1.29, 1.82) is 0 Å². The number of carbonyl (C=O) groups is 1. The number of nitrogens with one attached hydrogen (secondary N) is 1. The van der Waals surface area contributed by atoms with Crippen LogP contribution in [-0.4, -0.2) is 42.7 Å². The van der Waals surface area contributed by atoms with Crippen molar-refractivity contribution in [1.82, 2.24) is 10.2 Å². The summed E-state index contributed by atoms with van der Waals surface area (Å²) in [5.74, 6) is 0.0771. The highest BCUT2D eigenvalue weighted by Gasteiger charge is 2.37. The second-order valence-corrected chi connectivity index (χ2v) is 5.89. The number of hydrogen-bond donors (Lipinski definition) is 1. The number of alkyl halides is 3. The molecule has 2 rings (SSSR count). The van der Waals surface area contributed by atoms with Gasteiger partial charge in [0.1, 0.15) is 0 Å². The minimum absolute atomic E-state index is 0.00519. The van der Waals surface area contributed by atoms with Crippen molar-refractivity contribution in [2.45, 2.75) is 44.8 Å². The Morgan fingerprint density at radius 1 is 1.26 bits per heavy atom. The molecule has 19 heavy (non-hydrogen) atoms. The van der Waals surface area contributed by atoms with Gasteiger partial charge in [-0.15, -0.1) is 0 Å². The summed E-state index contributed by atoms with van der Waals surface area (Å²) >= 11 is 0. The summed E-state index contributed by atoms with van der Waals surface area (Å²) in [6, 6.07) is 0.00519. The summed E-state index contributed by atoms with van der Waals surface area (Å²) < 4.78 is 37.5. The average molecular weight is 278 g/mol. The normalized spacial score (nSPS) is 28.5. The molecule has 2 unspecified atom stereocenters. The van der Waals surface area contributed by atoms with Crippen LogP contribution >= 0.6 is 0 Å². The van der Waals surface area contributed by atoms with E-state index >= 15 is 0 Å². The van der Waals surface area contributed by atoms with E-state index in [0.29, 0.717) is 18.9 Å². The summed E-state index contributed by atoms with van der Waals surface area (Å²) in [6.45, 7) is 3.07. The molecule has 0 aromatic carbocycles. The summed E-state index contributed by atoms with van der Waals surface area (Å²) in [7, 11) is 0. The Balaban J connectivity index is 1.89. The fourth-order valence-electron chi connectivity index (χ4n) is 2.74. The lowest BCUT2D eigenvalue weighted by atomic mass is 9.91. The minimum Gasteiger partial charge on any atom is -0.341 e. The van der Waals surface area contributed by atoms with Gasteiger partial charge in [0.05, 0.1) is 0 Å².